The Labute approximate surface area is 142 Å². The number of nitrogens with zero attached hydrogens (tertiary/aromatic N) is 5. The van der Waals surface area contributed by atoms with E-state index in [9.17, 15) is 0 Å². The lowest BCUT2D eigenvalue weighted by Gasteiger charge is -2.31. The van der Waals surface area contributed by atoms with Crippen LogP contribution >= 0.6 is 0 Å². The van der Waals surface area contributed by atoms with Crippen molar-refractivity contribution in [3.05, 3.63) is 41.9 Å². The van der Waals surface area contributed by atoms with E-state index in [1.165, 1.54) is 24.0 Å². The molecule has 0 N–H and O–H groups in total. The highest BCUT2D eigenvalue weighted by Gasteiger charge is 2.21. The fourth-order valence-corrected chi connectivity index (χ4v) is 3.51. The summed E-state index contributed by atoms with van der Waals surface area (Å²) in [5.74, 6) is 1.72. The molecule has 1 atom stereocenters. The maximum Gasteiger partial charge on any atom is 0.168 e. The highest BCUT2D eigenvalue weighted by atomic mass is 15.3. The van der Waals surface area contributed by atoms with Crippen LogP contribution in [0, 0.1) is 19.8 Å². The van der Waals surface area contributed by atoms with Crippen LogP contribution < -0.4 is 4.90 Å². The van der Waals surface area contributed by atoms with Crippen LogP contribution in [0.15, 0.2) is 30.7 Å². The Hall–Kier alpha value is -2.43. The van der Waals surface area contributed by atoms with Gasteiger partial charge in [0.05, 0.1) is 17.3 Å². The Morgan fingerprint density at radius 3 is 2.79 bits per heavy atom. The zero-order valence-corrected chi connectivity index (χ0v) is 14.5. The average molecular weight is 321 g/mol. The number of benzene rings is 1. The lowest BCUT2D eigenvalue weighted by atomic mass is 10.0. The van der Waals surface area contributed by atoms with Crippen molar-refractivity contribution < 1.29 is 0 Å². The molecule has 0 spiro atoms. The van der Waals surface area contributed by atoms with Gasteiger partial charge in [0.25, 0.3) is 0 Å². The summed E-state index contributed by atoms with van der Waals surface area (Å²) in [6.45, 7) is 8.67. The fraction of sp³-hybridized carbons (Fsp3) is 0.421. The second kappa shape index (κ2) is 5.89. The first-order valence-electron chi connectivity index (χ1n) is 8.65. The molecule has 1 saturated heterocycles. The van der Waals surface area contributed by atoms with Crippen LogP contribution in [0.1, 0.15) is 30.9 Å². The van der Waals surface area contributed by atoms with Crippen molar-refractivity contribution in [3.63, 3.8) is 0 Å². The number of anilines is 1. The summed E-state index contributed by atoms with van der Waals surface area (Å²) < 4.78 is 1.92. The molecule has 1 aliphatic heterocycles. The van der Waals surface area contributed by atoms with Crippen LogP contribution in [-0.2, 0) is 0 Å². The van der Waals surface area contributed by atoms with E-state index in [1.807, 2.05) is 10.9 Å². The number of piperidine rings is 1. The van der Waals surface area contributed by atoms with E-state index in [1.54, 1.807) is 6.33 Å². The minimum absolute atomic E-state index is 0.707. The number of aryl methyl sites for hydroxylation is 2. The molecule has 5 nitrogen and oxygen atoms in total. The Bertz CT molecular complexity index is 883. The van der Waals surface area contributed by atoms with Crippen molar-refractivity contribution >= 4 is 16.9 Å². The van der Waals surface area contributed by atoms with Crippen molar-refractivity contribution in [2.45, 2.75) is 33.6 Å². The Morgan fingerprint density at radius 1 is 1.12 bits per heavy atom. The molecular weight excluding hydrogens is 298 g/mol. The first-order valence-corrected chi connectivity index (χ1v) is 8.65. The van der Waals surface area contributed by atoms with Gasteiger partial charge in [-0.05, 0) is 55.9 Å². The highest BCUT2D eigenvalue weighted by molar-refractivity contribution is 5.87. The quantitative estimate of drug-likeness (QED) is 0.722. The monoisotopic (exact) mass is 321 g/mol. The van der Waals surface area contributed by atoms with Crippen LogP contribution in [-0.4, -0.2) is 32.8 Å². The first-order chi connectivity index (χ1) is 11.6. The van der Waals surface area contributed by atoms with Gasteiger partial charge >= 0.3 is 0 Å². The third kappa shape index (κ3) is 2.54. The maximum atomic E-state index is 4.60. The van der Waals surface area contributed by atoms with Gasteiger partial charge < -0.3 is 4.90 Å². The number of fused-ring (bicyclic) bond motifs is 1. The number of hydrogen-bond donors (Lipinski definition) is 0. The number of aromatic nitrogens is 4. The summed E-state index contributed by atoms with van der Waals surface area (Å²) in [4.78, 5) is 11.5. The molecule has 24 heavy (non-hydrogen) atoms. The van der Waals surface area contributed by atoms with Gasteiger partial charge in [0.2, 0.25) is 0 Å². The molecule has 4 rings (SSSR count). The number of hydrogen-bond acceptors (Lipinski definition) is 4. The standard InChI is InChI=1S/C19H23N5/c1-13-5-4-8-23(11-13)18-17-10-22-24(19(17)21-12-20-18)16-7-6-14(2)15(3)9-16/h6-7,9-10,12-13H,4-5,8,11H2,1-3H3. The largest absolute Gasteiger partial charge is 0.356 e. The van der Waals surface area contributed by atoms with E-state index in [4.69, 9.17) is 0 Å². The molecule has 0 amide bonds. The van der Waals surface area contributed by atoms with Crippen LogP contribution in [0.3, 0.4) is 0 Å². The Kier molecular flexibility index (Phi) is 3.71. The smallest absolute Gasteiger partial charge is 0.168 e. The summed E-state index contributed by atoms with van der Waals surface area (Å²) in [6.07, 6.45) is 6.08. The molecule has 1 fully saturated rings. The van der Waals surface area contributed by atoms with Gasteiger partial charge in [0.1, 0.15) is 12.1 Å². The second-order valence-corrected chi connectivity index (χ2v) is 6.95. The highest BCUT2D eigenvalue weighted by Crippen LogP contribution is 2.28. The van der Waals surface area contributed by atoms with Gasteiger partial charge in [-0.2, -0.15) is 5.10 Å². The van der Waals surface area contributed by atoms with E-state index in [2.05, 4.69) is 58.9 Å². The predicted molar refractivity (Wildman–Crippen MR) is 96.7 cm³/mol. The summed E-state index contributed by atoms with van der Waals surface area (Å²) in [6, 6.07) is 6.39. The van der Waals surface area contributed by atoms with Crippen LogP contribution in [0.2, 0.25) is 0 Å². The molecule has 2 aromatic heterocycles. The summed E-state index contributed by atoms with van der Waals surface area (Å²) in [7, 11) is 0. The minimum atomic E-state index is 0.707. The predicted octanol–water partition coefficient (Wildman–Crippen LogP) is 3.67. The molecule has 1 aliphatic rings. The summed E-state index contributed by atoms with van der Waals surface area (Å²) >= 11 is 0. The minimum Gasteiger partial charge on any atom is -0.356 e. The van der Waals surface area contributed by atoms with Crippen molar-refractivity contribution in [1.29, 1.82) is 0 Å². The normalized spacial score (nSPS) is 18.3. The third-order valence-corrected chi connectivity index (χ3v) is 5.04. The van der Waals surface area contributed by atoms with Gasteiger partial charge in [-0.3, -0.25) is 0 Å². The van der Waals surface area contributed by atoms with Gasteiger partial charge in [-0.15, -0.1) is 0 Å². The van der Waals surface area contributed by atoms with Crippen molar-refractivity contribution in [2.75, 3.05) is 18.0 Å². The lowest BCUT2D eigenvalue weighted by Crippen LogP contribution is -2.34. The maximum absolute atomic E-state index is 4.60. The van der Waals surface area contributed by atoms with Crippen LogP contribution in [0.4, 0.5) is 5.82 Å². The molecule has 0 saturated carbocycles. The Balaban J connectivity index is 1.80. The molecule has 1 unspecified atom stereocenters. The van der Waals surface area contributed by atoms with Crippen LogP contribution in [0.25, 0.3) is 16.7 Å². The lowest BCUT2D eigenvalue weighted by molar-refractivity contribution is 0.445. The van der Waals surface area contributed by atoms with Gasteiger partial charge in [0.15, 0.2) is 5.65 Å². The number of rotatable bonds is 2. The molecule has 0 bridgehead atoms. The van der Waals surface area contributed by atoms with E-state index in [0.717, 1.165) is 35.6 Å². The zero-order valence-electron chi connectivity index (χ0n) is 14.5. The molecule has 124 valence electrons. The molecule has 5 heteroatoms. The summed E-state index contributed by atoms with van der Waals surface area (Å²) in [5, 5.41) is 5.63. The van der Waals surface area contributed by atoms with E-state index in [0.29, 0.717) is 5.92 Å². The average Bonchev–Trinajstić information content (AvgIpc) is 3.01. The van der Waals surface area contributed by atoms with Crippen molar-refractivity contribution in [3.8, 4) is 5.69 Å². The van der Waals surface area contributed by atoms with Gasteiger partial charge in [-0.1, -0.05) is 13.0 Å². The van der Waals surface area contributed by atoms with Gasteiger partial charge in [0, 0.05) is 13.1 Å². The molecule has 0 aliphatic carbocycles. The summed E-state index contributed by atoms with van der Waals surface area (Å²) in [5.41, 5.74) is 4.47. The molecular formula is C19H23N5. The van der Waals surface area contributed by atoms with E-state index >= 15 is 0 Å². The van der Waals surface area contributed by atoms with Crippen molar-refractivity contribution in [2.24, 2.45) is 5.92 Å². The zero-order chi connectivity index (χ0) is 16.7. The van der Waals surface area contributed by atoms with Crippen molar-refractivity contribution in [1.82, 2.24) is 19.7 Å². The molecule has 3 aromatic rings. The fourth-order valence-electron chi connectivity index (χ4n) is 3.51. The van der Waals surface area contributed by atoms with E-state index in [-0.39, 0.29) is 0 Å². The molecule has 0 radical (unpaired) electrons. The van der Waals surface area contributed by atoms with Crippen LogP contribution in [0.5, 0.6) is 0 Å². The SMILES string of the molecule is Cc1ccc(-n2ncc3c(N4CCCC(C)C4)ncnc32)cc1C. The second-order valence-electron chi connectivity index (χ2n) is 6.95. The topological polar surface area (TPSA) is 46.8 Å². The van der Waals surface area contributed by atoms with E-state index < -0.39 is 0 Å². The third-order valence-electron chi connectivity index (χ3n) is 5.04. The van der Waals surface area contributed by atoms with Gasteiger partial charge in [-0.25, -0.2) is 14.6 Å². The molecule has 3 heterocycles. The molecule has 1 aromatic carbocycles. The Morgan fingerprint density at radius 2 is 2.00 bits per heavy atom. The first kappa shape index (κ1) is 15.1.